The van der Waals surface area contributed by atoms with Crippen molar-refractivity contribution in [1.29, 1.82) is 0 Å². The lowest BCUT2D eigenvalue weighted by atomic mass is 10.1. The number of carbonyl (C=O) groups is 1. The average molecular weight is 312 g/mol. The van der Waals surface area contributed by atoms with Crippen LogP contribution in [0.4, 0.5) is 10.5 Å². The summed E-state index contributed by atoms with van der Waals surface area (Å²) in [7, 11) is 1.76. The lowest BCUT2D eigenvalue weighted by molar-refractivity contribution is 0.207. The van der Waals surface area contributed by atoms with Gasteiger partial charge in [-0.15, -0.1) is 0 Å². The molecule has 1 N–H and O–H groups in total. The Labute approximate surface area is 138 Å². The SMILES string of the molecule is Cc1ccc(NC(=O)N(C)CCOc2cc(C)cc(C)c2)cc1. The van der Waals surface area contributed by atoms with E-state index in [-0.39, 0.29) is 6.03 Å². The van der Waals surface area contributed by atoms with Crippen molar-refractivity contribution in [2.24, 2.45) is 0 Å². The molecule has 0 unspecified atom stereocenters. The van der Waals surface area contributed by atoms with Gasteiger partial charge in [0.25, 0.3) is 0 Å². The highest BCUT2D eigenvalue weighted by Gasteiger charge is 2.08. The molecule has 2 aromatic rings. The summed E-state index contributed by atoms with van der Waals surface area (Å²) >= 11 is 0. The second-order valence-electron chi connectivity index (χ2n) is 5.89. The minimum atomic E-state index is -0.141. The van der Waals surface area contributed by atoms with Gasteiger partial charge in [0.1, 0.15) is 12.4 Å². The molecule has 0 saturated heterocycles. The lowest BCUT2D eigenvalue weighted by Gasteiger charge is -2.18. The van der Waals surface area contributed by atoms with Crippen molar-refractivity contribution < 1.29 is 9.53 Å². The summed E-state index contributed by atoms with van der Waals surface area (Å²) in [6, 6.07) is 13.7. The van der Waals surface area contributed by atoms with Gasteiger partial charge in [-0.1, -0.05) is 23.8 Å². The fourth-order valence-electron chi connectivity index (χ4n) is 2.27. The van der Waals surface area contributed by atoms with Crippen LogP contribution in [0.25, 0.3) is 0 Å². The van der Waals surface area contributed by atoms with E-state index in [0.717, 1.165) is 11.4 Å². The van der Waals surface area contributed by atoms with Gasteiger partial charge in [0.2, 0.25) is 0 Å². The predicted octanol–water partition coefficient (Wildman–Crippen LogP) is 4.15. The van der Waals surface area contributed by atoms with Gasteiger partial charge < -0.3 is 15.0 Å². The summed E-state index contributed by atoms with van der Waals surface area (Å²) in [5.41, 5.74) is 4.30. The monoisotopic (exact) mass is 312 g/mol. The molecule has 0 aliphatic carbocycles. The topological polar surface area (TPSA) is 41.6 Å². The fraction of sp³-hybridized carbons (Fsp3) is 0.316. The molecule has 0 fully saturated rings. The zero-order valence-corrected chi connectivity index (χ0v) is 14.2. The van der Waals surface area contributed by atoms with E-state index in [1.54, 1.807) is 11.9 Å². The molecule has 0 bridgehead atoms. The molecule has 0 aromatic heterocycles. The second-order valence-corrected chi connectivity index (χ2v) is 5.89. The van der Waals surface area contributed by atoms with E-state index in [9.17, 15) is 4.79 Å². The molecule has 4 nitrogen and oxygen atoms in total. The third-order valence-electron chi connectivity index (χ3n) is 3.54. The van der Waals surface area contributed by atoms with E-state index >= 15 is 0 Å². The van der Waals surface area contributed by atoms with Gasteiger partial charge in [-0.3, -0.25) is 0 Å². The van der Waals surface area contributed by atoms with Crippen LogP contribution in [0.5, 0.6) is 5.75 Å². The van der Waals surface area contributed by atoms with Gasteiger partial charge in [0.15, 0.2) is 0 Å². The Morgan fingerprint density at radius 3 is 2.22 bits per heavy atom. The van der Waals surface area contributed by atoms with E-state index in [2.05, 4.69) is 11.4 Å². The van der Waals surface area contributed by atoms with Gasteiger partial charge in [-0.2, -0.15) is 0 Å². The molecule has 2 aromatic carbocycles. The first-order chi connectivity index (χ1) is 10.9. The molecule has 0 atom stereocenters. The Kier molecular flexibility index (Phi) is 5.63. The molecule has 0 radical (unpaired) electrons. The molecule has 0 aliphatic heterocycles. The van der Waals surface area contributed by atoms with Crippen molar-refractivity contribution >= 4 is 11.7 Å². The van der Waals surface area contributed by atoms with Crippen LogP contribution in [0.2, 0.25) is 0 Å². The average Bonchev–Trinajstić information content (AvgIpc) is 2.48. The molecule has 0 aliphatic rings. The Morgan fingerprint density at radius 2 is 1.61 bits per heavy atom. The number of aryl methyl sites for hydroxylation is 3. The van der Waals surface area contributed by atoms with Crippen LogP contribution in [-0.2, 0) is 0 Å². The maximum atomic E-state index is 12.1. The van der Waals surface area contributed by atoms with Crippen molar-refractivity contribution in [2.45, 2.75) is 20.8 Å². The minimum absolute atomic E-state index is 0.141. The number of urea groups is 1. The molecule has 2 rings (SSSR count). The number of benzene rings is 2. The number of hydrogen-bond donors (Lipinski definition) is 1. The van der Waals surface area contributed by atoms with E-state index in [1.807, 2.05) is 57.2 Å². The van der Waals surface area contributed by atoms with Crippen LogP contribution in [0.3, 0.4) is 0 Å². The summed E-state index contributed by atoms with van der Waals surface area (Å²) in [6.45, 7) is 7.08. The van der Waals surface area contributed by atoms with Crippen molar-refractivity contribution in [3.63, 3.8) is 0 Å². The molecule has 0 saturated carbocycles. The lowest BCUT2D eigenvalue weighted by Crippen LogP contribution is -2.34. The third kappa shape index (κ3) is 5.33. The molecule has 0 heterocycles. The molecule has 2 amide bonds. The maximum absolute atomic E-state index is 12.1. The quantitative estimate of drug-likeness (QED) is 0.901. The van der Waals surface area contributed by atoms with E-state index in [4.69, 9.17) is 4.74 Å². The van der Waals surface area contributed by atoms with Gasteiger partial charge in [-0.05, 0) is 56.2 Å². The van der Waals surface area contributed by atoms with E-state index in [0.29, 0.717) is 13.2 Å². The number of amides is 2. The number of rotatable bonds is 5. The molecular weight excluding hydrogens is 288 g/mol. The summed E-state index contributed by atoms with van der Waals surface area (Å²) in [4.78, 5) is 13.7. The number of nitrogens with one attached hydrogen (secondary N) is 1. The molecule has 23 heavy (non-hydrogen) atoms. The Hall–Kier alpha value is -2.49. The van der Waals surface area contributed by atoms with E-state index in [1.165, 1.54) is 16.7 Å². The van der Waals surface area contributed by atoms with Gasteiger partial charge in [0.05, 0.1) is 6.54 Å². The summed E-state index contributed by atoms with van der Waals surface area (Å²) in [6.07, 6.45) is 0. The fourth-order valence-corrected chi connectivity index (χ4v) is 2.27. The van der Waals surface area contributed by atoms with Gasteiger partial charge in [-0.25, -0.2) is 4.79 Å². The Bertz CT molecular complexity index is 645. The molecule has 0 spiro atoms. The summed E-state index contributed by atoms with van der Waals surface area (Å²) in [5, 5.41) is 2.87. The van der Waals surface area contributed by atoms with Crippen molar-refractivity contribution in [3.05, 3.63) is 59.2 Å². The highest BCUT2D eigenvalue weighted by molar-refractivity contribution is 5.89. The first kappa shape index (κ1) is 16.9. The minimum Gasteiger partial charge on any atom is -0.492 e. The molecular formula is C19H24N2O2. The number of anilines is 1. The first-order valence-corrected chi connectivity index (χ1v) is 7.74. The van der Waals surface area contributed by atoms with Crippen LogP contribution < -0.4 is 10.1 Å². The zero-order chi connectivity index (χ0) is 16.8. The Balaban J connectivity index is 1.80. The van der Waals surface area contributed by atoms with Crippen LogP contribution in [-0.4, -0.2) is 31.1 Å². The van der Waals surface area contributed by atoms with Crippen LogP contribution in [0.1, 0.15) is 16.7 Å². The van der Waals surface area contributed by atoms with Crippen LogP contribution in [0, 0.1) is 20.8 Å². The smallest absolute Gasteiger partial charge is 0.321 e. The van der Waals surface area contributed by atoms with Gasteiger partial charge >= 0.3 is 6.03 Å². The van der Waals surface area contributed by atoms with Gasteiger partial charge in [0, 0.05) is 12.7 Å². The Morgan fingerprint density at radius 1 is 1.00 bits per heavy atom. The highest BCUT2D eigenvalue weighted by Crippen LogP contribution is 2.16. The summed E-state index contributed by atoms with van der Waals surface area (Å²) in [5.74, 6) is 0.842. The third-order valence-corrected chi connectivity index (χ3v) is 3.54. The normalized spacial score (nSPS) is 10.3. The number of ether oxygens (including phenoxy) is 1. The molecule has 4 heteroatoms. The van der Waals surface area contributed by atoms with Crippen LogP contribution in [0.15, 0.2) is 42.5 Å². The predicted molar refractivity (Wildman–Crippen MR) is 94.2 cm³/mol. The maximum Gasteiger partial charge on any atom is 0.321 e. The largest absolute Gasteiger partial charge is 0.492 e. The summed E-state index contributed by atoms with van der Waals surface area (Å²) < 4.78 is 5.73. The van der Waals surface area contributed by atoms with E-state index < -0.39 is 0 Å². The molecule has 122 valence electrons. The number of likely N-dealkylation sites (N-methyl/N-ethyl adjacent to an activating group) is 1. The number of nitrogens with zero attached hydrogens (tertiary/aromatic N) is 1. The van der Waals surface area contributed by atoms with Crippen molar-refractivity contribution in [1.82, 2.24) is 4.90 Å². The standard InChI is InChI=1S/C19H24N2O2/c1-14-5-7-17(8-6-14)20-19(22)21(4)9-10-23-18-12-15(2)11-16(3)13-18/h5-8,11-13H,9-10H2,1-4H3,(H,20,22). The first-order valence-electron chi connectivity index (χ1n) is 7.74. The zero-order valence-electron chi connectivity index (χ0n) is 14.2. The van der Waals surface area contributed by atoms with Crippen molar-refractivity contribution in [2.75, 3.05) is 25.5 Å². The van der Waals surface area contributed by atoms with Crippen LogP contribution >= 0.6 is 0 Å². The highest BCUT2D eigenvalue weighted by atomic mass is 16.5. The number of carbonyl (C=O) groups excluding carboxylic acids is 1. The van der Waals surface area contributed by atoms with Crippen molar-refractivity contribution in [3.8, 4) is 5.75 Å². The number of hydrogen-bond acceptors (Lipinski definition) is 2. The second kappa shape index (κ2) is 7.68.